The molecule has 2 aromatic rings. The van der Waals surface area contributed by atoms with Crippen LogP contribution < -0.4 is 0 Å². The molecular weight excluding hydrogens is 322 g/mol. The van der Waals surface area contributed by atoms with Gasteiger partial charge in [-0.2, -0.15) is 0 Å². The number of carbonyl (C=O) groups is 2. The number of amides is 2. The van der Waals surface area contributed by atoms with Crippen LogP contribution in [-0.4, -0.2) is 52.8 Å². The van der Waals surface area contributed by atoms with E-state index >= 15 is 0 Å². The standard InChI is InChI=1S/C15H16ClN3O2S/c16-13-4-3-11(22-13)10-14(20)18-6-8-19(9-7-18)15(21)12-2-1-5-17-12/h1-5,17H,6-10H2. The first-order chi connectivity index (χ1) is 10.6. The molecule has 0 unspecified atom stereocenters. The molecule has 116 valence electrons. The van der Waals surface area contributed by atoms with Crippen molar-refractivity contribution in [3.05, 3.63) is 45.4 Å². The van der Waals surface area contributed by atoms with Crippen molar-refractivity contribution < 1.29 is 9.59 Å². The highest BCUT2D eigenvalue weighted by Gasteiger charge is 2.25. The third-order valence-electron chi connectivity index (χ3n) is 3.70. The molecule has 0 bridgehead atoms. The van der Waals surface area contributed by atoms with Crippen LogP contribution >= 0.6 is 22.9 Å². The number of halogens is 1. The Bertz CT molecular complexity index is 660. The fraction of sp³-hybridized carbons (Fsp3) is 0.333. The number of nitrogens with one attached hydrogen (secondary N) is 1. The van der Waals surface area contributed by atoms with Crippen molar-refractivity contribution in [3.8, 4) is 0 Å². The lowest BCUT2D eigenvalue weighted by molar-refractivity contribution is -0.131. The van der Waals surface area contributed by atoms with Crippen LogP contribution in [0.2, 0.25) is 4.34 Å². The zero-order chi connectivity index (χ0) is 15.5. The largest absolute Gasteiger partial charge is 0.357 e. The molecule has 3 heterocycles. The Morgan fingerprint density at radius 1 is 1.14 bits per heavy atom. The van der Waals surface area contributed by atoms with Gasteiger partial charge >= 0.3 is 0 Å². The second-order valence-electron chi connectivity index (χ2n) is 5.14. The number of rotatable bonds is 3. The van der Waals surface area contributed by atoms with Crippen molar-refractivity contribution >= 4 is 34.8 Å². The Labute approximate surface area is 137 Å². The van der Waals surface area contributed by atoms with E-state index in [1.807, 2.05) is 17.0 Å². The van der Waals surface area contributed by atoms with Crippen LogP contribution in [0.1, 0.15) is 15.4 Å². The van der Waals surface area contributed by atoms with Crippen LogP contribution in [0.15, 0.2) is 30.5 Å². The first-order valence-corrected chi connectivity index (χ1v) is 8.27. The SMILES string of the molecule is O=C(Cc1ccc(Cl)s1)N1CCN(C(=O)c2ccc[nH]2)CC1. The fourth-order valence-corrected chi connectivity index (χ4v) is 3.58. The van der Waals surface area contributed by atoms with E-state index in [4.69, 9.17) is 11.6 Å². The summed E-state index contributed by atoms with van der Waals surface area (Å²) in [7, 11) is 0. The molecule has 1 aliphatic heterocycles. The van der Waals surface area contributed by atoms with E-state index in [9.17, 15) is 9.59 Å². The van der Waals surface area contributed by atoms with Crippen molar-refractivity contribution in [2.24, 2.45) is 0 Å². The Morgan fingerprint density at radius 2 is 1.86 bits per heavy atom. The molecule has 22 heavy (non-hydrogen) atoms. The molecule has 1 saturated heterocycles. The number of hydrogen-bond donors (Lipinski definition) is 1. The van der Waals surface area contributed by atoms with Crippen LogP contribution in [0.3, 0.4) is 0 Å². The lowest BCUT2D eigenvalue weighted by atomic mass is 10.2. The monoisotopic (exact) mass is 337 g/mol. The second-order valence-corrected chi connectivity index (χ2v) is 6.94. The molecule has 1 N–H and O–H groups in total. The van der Waals surface area contributed by atoms with Gasteiger partial charge in [0.25, 0.3) is 5.91 Å². The van der Waals surface area contributed by atoms with Gasteiger partial charge in [0.15, 0.2) is 0 Å². The van der Waals surface area contributed by atoms with Gasteiger partial charge in [-0.25, -0.2) is 0 Å². The van der Waals surface area contributed by atoms with Crippen LogP contribution in [0.25, 0.3) is 0 Å². The van der Waals surface area contributed by atoms with Crippen LogP contribution in [0.4, 0.5) is 0 Å². The minimum Gasteiger partial charge on any atom is -0.357 e. The summed E-state index contributed by atoms with van der Waals surface area (Å²) < 4.78 is 0.698. The zero-order valence-corrected chi connectivity index (χ0v) is 13.5. The van der Waals surface area contributed by atoms with Crippen molar-refractivity contribution in [3.63, 3.8) is 0 Å². The lowest BCUT2D eigenvalue weighted by Gasteiger charge is -2.34. The molecule has 5 nitrogen and oxygen atoms in total. The molecule has 1 fully saturated rings. The van der Waals surface area contributed by atoms with Crippen molar-refractivity contribution in [1.29, 1.82) is 0 Å². The Balaban J connectivity index is 1.53. The number of nitrogens with zero attached hydrogens (tertiary/aromatic N) is 2. The van der Waals surface area contributed by atoms with E-state index in [1.54, 1.807) is 23.2 Å². The summed E-state index contributed by atoms with van der Waals surface area (Å²) in [5.41, 5.74) is 0.591. The molecule has 0 aromatic carbocycles. The highest BCUT2D eigenvalue weighted by molar-refractivity contribution is 7.16. The van der Waals surface area contributed by atoms with Crippen molar-refractivity contribution in [2.45, 2.75) is 6.42 Å². The quantitative estimate of drug-likeness (QED) is 0.934. The van der Waals surface area contributed by atoms with Gasteiger partial charge in [-0.1, -0.05) is 11.6 Å². The van der Waals surface area contributed by atoms with E-state index in [1.165, 1.54) is 11.3 Å². The minimum atomic E-state index is -0.0119. The average Bonchev–Trinajstić information content (AvgIpc) is 3.18. The maximum absolute atomic E-state index is 12.3. The molecule has 0 saturated carbocycles. The van der Waals surface area contributed by atoms with Gasteiger partial charge < -0.3 is 14.8 Å². The molecule has 7 heteroatoms. The van der Waals surface area contributed by atoms with Gasteiger partial charge in [0.05, 0.1) is 10.8 Å². The van der Waals surface area contributed by atoms with E-state index in [2.05, 4.69) is 4.98 Å². The average molecular weight is 338 g/mol. The van der Waals surface area contributed by atoms with Gasteiger partial charge in [0, 0.05) is 37.3 Å². The third-order valence-corrected chi connectivity index (χ3v) is 4.93. The highest BCUT2D eigenvalue weighted by Crippen LogP contribution is 2.22. The molecule has 0 aliphatic carbocycles. The summed E-state index contributed by atoms with van der Waals surface area (Å²) in [4.78, 5) is 32.0. The predicted molar refractivity (Wildman–Crippen MR) is 86.3 cm³/mol. The van der Waals surface area contributed by atoms with E-state index in [-0.39, 0.29) is 11.8 Å². The number of aromatic nitrogens is 1. The van der Waals surface area contributed by atoms with E-state index < -0.39 is 0 Å². The Kier molecular flexibility index (Phi) is 4.49. The van der Waals surface area contributed by atoms with Crippen molar-refractivity contribution in [2.75, 3.05) is 26.2 Å². The van der Waals surface area contributed by atoms with Gasteiger partial charge in [0.1, 0.15) is 5.69 Å². The number of carbonyl (C=O) groups excluding carboxylic acids is 2. The number of hydrogen-bond acceptors (Lipinski definition) is 3. The first-order valence-electron chi connectivity index (χ1n) is 7.08. The zero-order valence-electron chi connectivity index (χ0n) is 11.9. The first kappa shape index (κ1) is 15.1. The number of H-pyrrole nitrogens is 1. The molecule has 2 amide bonds. The highest BCUT2D eigenvalue weighted by atomic mass is 35.5. The molecule has 0 spiro atoms. The number of aromatic amines is 1. The molecule has 2 aromatic heterocycles. The summed E-state index contributed by atoms with van der Waals surface area (Å²) in [5.74, 6) is 0.0765. The van der Waals surface area contributed by atoms with E-state index in [0.29, 0.717) is 42.6 Å². The van der Waals surface area contributed by atoms with Gasteiger partial charge in [-0.3, -0.25) is 9.59 Å². The smallest absolute Gasteiger partial charge is 0.270 e. The Hall–Kier alpha value is -1.79. The molecule has 1 aliphatic rings. The van der Waals surface area contributed by atoms with Crippen LogP contribution in [-0.2, 0) is 11.2 Å². The summed E-state index contributed by atoms with van der Waals surface area (Å²) in [6.07, 6.45) is 2.11. The maximum Gasteiger partial charge on any atom is 0.270 e. The predicted octanol–water partition coefficient (Wildman–Crippen LogP) is 2.26. The third kappa shape index (κ3) is 3.34. The summed E-state index contributed by atoms with van der Waals surface area (Å²) >= 11 is 7.31. The molecule has 0 radical (unpaired) electrons. The Morgan fingerprint density at radius 3 is 2.45 bits per heavy atom. The molecule has 3 rings (SSSR count). The fourth-order valence-electron chi connectivity index (χ4n) is 2.50. The summed E-state index contributed by atoms with van der Waals surface area (Å²) in [6, 6.07) is 7.26. The van der Waals surface area contributed by atoms with Gasteiger partial charge in [-0.15, -0.1) is 11.3 Å². The lowest BCUT2D eigenvalue weighted by Crippen LogP contribution is -2.51. The van der Waals surface area contributed by atoms with Gasteiger partial charge in [0.2, 0.25) is 5.91 Å². The molecular formula is C15H16ClN3O2S. The summed E-state index contributed by atoms with van der Waals surface area (Å²) in [5, 5.41) is 0. The second kappa shape index (κ2) is 6.54. The van der Waals surface area contributed by atoms with Crippen LogP contribution in [0.5, 0.6) is 0 Å². The summed E-state index contributed by atoms with van der Waals surface area (Å²) in [6.45, 7) is 2.28. The van der Waals surface area contributed by atoms with E-state index in [0.717, 1.165) is 4.88 Å². The minimum absolute atomic E-state index is 0.0119. The normalized spacial score (nSPS) is 15.1. The number of thiophene rings is 1. The topological polar surface area (TPSA) is 56.4 Å². The maximum atomic E-state index is 12.3. The number of piperazine rings is 1. The van der Waals surface area contributed by atoms with Crippen LogP contribution in [0, 0.1) is 0 Å². The molecule has 0 atom stereocenters. The van der Waals surface area contributed by atoms with Crippen molar-refractivity contribution in [1.82, 2.24) is 14.8 Å². The van der Waals surface area contributed by atoms with Gasteiger partial charge in [-0.05, 0) is 24.3 Å².